The van der Waals surface area contributed by atoms with Gasteiger partial charge in [0.1, 0.15) is 11.9 Å². The van der Waals surface area contributed by atoms with Crippen LogP contribution in [0.25, 0.3) is 11.0 Å². The van der Waals surface area contributed by atoms with E-state index < -0.39 is 17.7 Å². The third kappa shape index (κ3) is 6.60. The van der Waals surface area contributed by atoms with Gasteiger partial charge in [0, 0.05) is 25.3 Å². The summed E-state index contributed by atoms with van der Waals surface area (Å²) in [6.45, 7) is 13.0. The molecule has 200 valence electrons. The number of aromatic nitrogens is 2. The Labute approximate surface area is 211 Å². The van der Waals surface area contributed by atoms with Crippen LogP contribution in [-0.4, -0.2) is 81.2 Å². The molecule has 2 aliphatic rings. The minimum atomic E-state index is -0.868. The van der Waals surface area contributed by atoms with Crippen LogP contribution in [0.1, 0.15) is 63.6 Å². The molecule has 0 spiro atoms. The van der Waals surface area contributed by atoms with Crippen molar-refractivity contribution in [1.29, 1.82) is 0 Å². The number of likely N-dealkylation sites (tertiary alicyclic amines) is 1. The largest absolute Gasteiger partial charge is 0.390 e. The molecule has 2 aromatic rings. The maximum atomic E-state index is 13.2. The fraction of sp³-hybridized carbons (Fsp3) is 0.692. The first-order valence-corrected chi connectivity index (χ1v) is 12.7. The summed E-state index contributed by atoms with van der Waals surface area (Å²) < 4.78 is 26.6. The summed E-state index contributed by atoms with van der Waals surface area (Å²) in [5.41, 5.74) is 1.34. The van der Waals surface area contributed by atoms with E-state index in [0.717, 1.165) is 29.9 Å². The van der Waals surface area contributed by atoms with Crippen molar-refractivity contribution in [2.45, 2.75) is 90.0 Å². The molecule has 2 saturated heterocycles. The van der Waals surface area contributed by atoms with Crippen LogP contribution in [0, 0.1) is 0 Å². The molecule has 3 unspecified atom stereocenters. The average molecular weight is 507 g/mol. The first-order valence-electron chi connectivity index (χ1n) is 12.7. The van der Waals surface area contributed by atoms with Crippen LogP contribution in [0.5, 0.6) is 0 Å². The number of fused-ring (bicyclic) bond motifs is 1. The van der Waals surface area contributed by atoms with Crippen LogP contribution >= 0.6 is 0 Å². The molecule has 1 amide bonds. The van der Waals surface area contributed by atoms with E-state index in [1.165, 1.54) is 0 Å². The Morgan fingerprint density at radius 3 is 2.67 bits per heavy atom. The van der Waals surface area contributed by atoms with E-state index in [0.29, 0.717) is 38.2 Å². The zero-order valence-corrected chi connectivity index (χ0v) is 21.9. The highest BCUT2D eigenvalue weighted by Crippen LogP contribution is 2.25. The molecule has 9 nitrogen and oxygen atoms in total. The minimum absolute atomic E-state index is 0.0946. The third-order valence-corrected chi connectivity index (χ3v) is 6.67. The maximum absolute atomic E-state index is 13.2. The van der Waals surface area contributed by atoms with Crippen LogP contribution in [-0.2, 0) is 27.5 Å². The molecular formula is C26H39FN4O5. The highest BCUT2D eigenvalue weighted by Gasteiger charge is 2.31. The first kappa shape index (κ1) is 26.9. The fourth-order valence-corrected chi connectivity index (χ4v) is 4.48. The van der Waals surface area contributed by atoms with Crippen molar-refractivity contribution in [1.82, 2.24) is 19.8 Å². The van der Waals surface area contributed by atoms with Crippen molar-refractivity contribution in [2.75, 3.05) is 26.3 Å². The normalized spacial score (nSPS) is 23.6. The van der Waals surface area contributed by atoms with Gasteiger partial charge in [-0.1, -0.05) is 0 Å². The molecule has 0 radical (unpaired) electrons. The van der Waals surface area contributed by atoms with Crippen molar-refractivity contribution < 1.29 is 28.8 Å². The number of benzene rings is 1. The van der Waals surface area contributed by atoms with Gasteiger partial charge in [-0.3, -0.25) is 9.69 Å². The number of hydrogen-bond donors (Lipinski definition) is 2. The summed E-state index contributed by atoms with van der Waals surface area (Å²) in [5, 5.41) is 13.0. The number of halogens is 1. The molecule has 10 heteroatoms. The lowest BCUT2D eigenvalue weighted by Crippen LogP contribution is -2.48. The number of carbonyl (C=O) groups is 1. The Morgan fingerprint density at radius 2 is 2.03 bits per heavy atom. The Bertz CT molecular complexity index is 1060. The topological polar surface area (TPSA) is 98.1 Å². The summed E-state index contributed by atoms with van der Waals surface area (Å²) in [7, 11) is 0. The molecule has 0 aliphatic carbocycles. The lowest BCUT2D eigenvalue weighted by Gasteiger charge is -2.34. The van der Waals surface area contributed by atoms with E-state index in [2.05, 4.69) is 14.8 Å². The first-order chi connectivity index (χ1) is 16.9. The Kier molecular flexibility index (Phi) is 8.01. The number of imidazole rings is 1. The van der Waals surface area contributed by atoms with Gasteiger partial charge in [0.05, 0.1) is 54.1 Å². The molecular weight excluding hydrogens is 467 g/mol. The summed E-state index contributed by atoms with van der Waals surface area (Å²) in [6.07, 6.45) is -0.189. The molecule has 2 aliphatic heterocycles. The van der Waals surface area contributed by atoms with Gasteiger partial charge in [-0.2, -0.15) is 4.94 Å². The number of nitrogens with one attached hydrogen (secondary N) is 1. The number of carbonyl (C=O) groups excluding carboxylic acids is 1. The van der Waals surface area contributed by atoms with E-state index in [-0.39, 0.29) is 24.2 Å². The molecule has 2 N–H and O–H groups in total. The molecule has 1 aromatic carbocycles. The number of piperidine rings is 1. The van der Waals surface area contributed by atoms with Crippen molar-refractivity contribution in [3.05, 3.63) is 29.6 Å². The fourth-order valence-electron chi connectivity index (χ4n) is 4.48. The van der Waals surface area contributed by atoms with Crippen LogP contribution < -0.4 is 5.32 Å². The molecule has 36 heavy (non-hydrogen) atoms. The van der Waals surface area contributed by atoms with E-state index in [9.17, 15) is 14.4 Å². The zero-order valence-electron chi connectivity index (χ0n) is 21.9. The average Bonchev–Trinajstić information content (AvgIpc) is 3.11. The summed E-state index contributed by atoms with van der Waals surface area (Å²) >= 11 is 0. The summed E-state index contributed by atoms with van der Waals surface area (Å²) in [4.78, 5) is 24.0. The van der Waals surface area contributed by atoms with Crippen molar-refractivity contribution in [2.24, 2.45) is 0 Å². The number of ether oxygens (including phenoxy) is 2. The van der Waals surface area contributed by atoms with Gasteiger partial charge < -0.3 is 24.5 Å². The second-order valence-corrected chi connectivity index (χ2v) is 11.6. The predicted molar refractivity (Wildman–Crippen MR) is 133 cm³/mol. The van der Waals surface area contributed by atoms with E-state index in [1.54, 1.807) is 6.07 Å². The van der Waals surface area contributed by atoms with Crippen molar-refractivity contribution in [3.63, 3.8) is 0 Å². The third-order valence-electron chi connectivity index (χ3n) is 6.67. The van der Waals surface area contributed by atoms with Crippen molar-refractivity contribution >= 4 is 16.9 Å². The maximum Gasteiger partial charge on any atom is 0.251 e. The molecule has 0 saturated carbocycles. The molecule has 3 atom stereocenters. The summed E-state index contributed by atoms with van der Waals surface area (Å²) in [6, 6.07) is 5.51. The smallest absolute Gasteiger partial charge is 0.251 e. The molecule has 0 bridgehead atoms. The van der Waals surface area contributed by atoms with Gasteiger partial charge >= 0.3 is 0 Å². The monoisotopic (exact) mass is 506 g/mol. The Morgan fingerprint density at radius 1 is 1.28 bits per heavy atom. The second-order valence-electron chi connectivity index (χ2n) is 11.6. The molecule has 2 fully saturated rings. The predicted octanol–water partition coefficient (Wildman–Crippen LogP) is 2.99. The van der Waals surface area contributed by atoms with Gasteiger partial charge in [-0.25, -0.2) is 4.98 Å². The highest BCUT2D eigenvalue weighted by molar-refractivity contribution is 5.97. The molecule has 3 heterocycles. The molecule has 4 rings (SSSR count). The van der Waals surface area contributed by atoms with Gasteiger partial charge in [-0.15, -0.1) is 0 Å². The van der Waals surface area contributed by atoms with Gasteiger partial charge in [0.25, 0.3) is 5.91 Å². The van der Waals surface area contributed by atoms with Crippen LogP contribution in [0.4, 0.5) is 4.53 Å². The van der Waals surface area contributed by atoms with Crippen molar-refractivity contribution in [3.8, 4) is 0 Å². The van der Waals surface area contributed by atoms with E-state index in [4.69, 9.17) is 14.5 Å². The van der Waals surface area contributed by atoms with Crippen LogP contribution in [0.2, 0.25) is 0 Å². The van der Waals surface area contributed by atoms with E-state index in [1.807, 2.05) is 51.7 Å². The number of rotatable bonds is 9. The van der Waals surface area contributed by atoms with Crippen LogP contribution in [0.15, 0.2) is 18.2 Å². The number of nitrogens with zero attached hydrogens (tertiary/aromatic N) is 3. The standard InChI is InChI=1S/C26H39FN4O5/c1-25(2,3)35-16-26(4,5)29-24(33)17-6-7-19-20(12-17)31(13-18-9-11-34-18)23(28-19)15-30-10-8-21(32)22(14-30)36-27/h6-7,12,18,21-22,32H,8-11,13-16H2,1-5H3,(H,29,33). The number of aliphatic hydroxyl groups is 1. The van der Waals surface area contributed by atoms with E-state index >= 15 is 0 Å². The number of aliphatic hydroxyl groups excluding tert-OH is 1. The lowest BCUT2D eigenvalue weighted by molar-refractivity contribution is -0.223. The van der Waals surface area contributed by atoms with Gasteiger partial charge in [0.2, 0.25) is 0 Å². The van der Waals surface area contributed by atoms with Crippen LogP contribution in [0.3, 0.4) is 0 Å². The molecule has 1 aromatic heterocycles. The lowest BCUT2D eigenvalue weighted by atomic mass is 10.0. The number of amides is 1. The Balaban J connectivity index is 1.56. The second kappa shape index (κ2) is 10.7. The SMILES string of the molecule is CC(C)(COC(C)(C)C)NC(=O)c1ccc2nc(CN3CCC(O)C(OF)C3)n(CC3CCO3)c2c1. The highest BCUT2D eigenvalue weighted by atomic mass is 19.3. The minimum Gasteiger partial charge on any atom is -0.390 e. The summed E-state index contributed by atoms with van der Waals surface area (Å²) in [5.74, 6) is 0.632. The zero-order chi connectivity index (χ0) is 26.1. The van der Waals surface area contributed by atoms with Gasteiger partial charge in [0.15, 0.2) is 0 Å². The Hall–Kier alpha value is -2.11. The van der Waals surface area contributed by atoms with Gasteiger partial charge in [-0.05, 0) is 70.2 Å². The quantitative estimate of drug-likeness (QED) is 0.540. The number of hydrogen-bond acceptors (Lipinski definition) is 7.